The summed E-state index contributed by atoms with van der Waals surface area (Å²) < 4.78 is 0. The van der Waals surface area contributed by atoms with Crippen molar-refractivity contribution in [3.8, 4) is 29.4 Å². The number of aliphatic hydroxyl groups excluding tert-OH is 2. The van der Waals surface area contributed by atoms with Gasteiger partial charge in [0.05, 0.1) is 30.1 Å². The highest BCUT2D eigenvalue weighted by Crippen LogP contribution is 2.51. The van der Waals surface area contributed by atoms with E-state index in [0.717, 1.165) is 69.1 Å². The number of hydrogen-bond acceptors (Lipinski definition) is 14. The minimum atomic E-state index is -1.00. The molecule has 4 aromatic rings. The zero-order valence-electron chi connectivity index (χ0n) is 40.3. The van der Waals surface area contributed by atoms with Crippen LogP contribution in [0.1, 0.15) is 106 Å². The van der Waals surface area contributed by atoms with E-state index in [1.165, 1.54) is 16.7 Å². The smallest absolute Gasteiger partial charge is 0.318 e. The van der Waals surface area contributed by atoms with E-state index in [1.807, 2.05) is 45.3 Å². The summed E-state index contributed by atoms with van der Waals surface area (Å²) in [6.45, 7) is 11.4. The Labute approximate surface area is 408 Å². The van der Waals surface area contributed by atoms with Crippen molar-refractivity contribution < 1.29 is 29.7 Å². The van der Waals surface area contributed by atoms with Crippen LogP contribution >= 0.6 is 0 Å². The van der Waals surface area contributed by atoms with Gasteiger partial charge in [0.2, 0.25) is 17.8 Å². The largest absolute Gasteiger partial charge is 0.507 e. The number of aromatic nitrogens is 5. The van der Waals surface area contributed by atoms with Crippen LogP contribution in [0.25, 0.3) is 11.3 Å². The molecule has 1 aromatic carbocycles. The summed E-state index contributed by atoms with van der Waals surface area (Å²) in [5, 5.41) is 49.6. The van der Waals surface area contributed by atoms with Gasteiger partial charge in [-0.05, 0) is 99.3 Å². The van der Waals surface area contributed by atoms with Crippen molar-refractivity contribution in [1.29, 1.82) is 0 Å². The number of urea groups is 1. The molecule has 8 heterocycles. The number of fused-ring (bicyclic) bond motifs is 3. The van der Waals surface area contributed by atoms with Gasteiger partial charge in [0.1, 0.15) is 17.8 Å². The fourth-order valence-corrected chi connectivity index (χ4v) is 12.0. The molecule has 2 unspecified atom stereocenters. The highest BCUT2D eigenvalue weighted by molar-refractivity contribution is 5.93. The van der Waals surface area contributed by atoms with Gasteiger partial charge in [-0.25, -0.2) is 14.8 Å². The molecule has 18 heteroatoms. The van der Waals surface area contributed by atoms with E-state index in [9.17, 15) is 29.7 Å². The second-order valence-electron chi connectivity index (χ2n) is 21.6. The van der Waals surface area contributed by atoms with Gasteiger partial charge in [0, 0.05) is 97.3 Å². The molecule has 4 saturated heterocycles. The van der Waals surface area contributed by atoms with E-state index < -0.39 is 48.1 Å². The average Bonchev–Trinajstić information content (AvgIpc) is 3.92. The number of pyridine rings is 1. The van der Waals surface area contributed by atoms with Crippen molar-refractivity contribution in [3.63, 3.8) is 0 Å². The monoisotopic (exact) mass is 953 g/mol. The first-order valence-electron chi connectivity index (χ1n) is 24.7. The van der Waals surface area contributed by atoms with Crippen molar-refractivity contribution in [3.05, 3.63) is 83.4 Å². The van der Waals surface area contributed by atoms with Gasteiger partial charge in [-0.1, -0.05) is 38.8 Å². The van der Waals surface area contributed by atoms with Gasteiger partial charge in [0.15, 0.2) is 5.82 Å². The molecule has 1 spiro atoms. The highest BCUT2D eigenvalue weighted by Gasteiger charge is 2.56. The molecule has 7 atom stereocenters. The number of benzene rings is 1. The lowest BCUT2D eigenvalue weighted by Crippen LogP contribution is -2.70. The molecule has 18 nitrogen and oxygen atoms in total. The SMILES string of the molecule is C#Cc1ccc([C@@H](CO)NC(=O)[C@@H]2C[C@@H](O)CN2C(=O)[C@@H](NC(=O)N2CC3(CC(N4CCC(c5cnc(N6CCC7Nc8nnc(-c9ccccc9O)cc8C7[C@H]6C)nc5)CC4)C3)C2)C(C)(C)C)nc1. The predicted molar refractivity (Wildman–Crippen MR) is 261 cm³/mol. The summed E-state index contributed by atoms with van der Waals surface area (Å²) in [4.78, 5) is 63.8. The number of nitrogens with one attached hydrogen (secondary N) is 3. The van der Waals surface area contributed by atoms with Crippen LogP contribution in [-0.4, -0.2) is 155 Å². The van der Waals surface area contributed by atoms with Crippen LogP contribution < -0.4 is 20.9 Å². The van der Waals surface area contributed by atoms with Gasteiger partial charge in [-0.2, -0.15) is 0 Å². The van der Waals surface area contributed by atoms with Gasteiger partial charge in [-0.15, -0.1) is 16.6 Å². The number of carbonyl (C=O) groups excluding carboxylic acids is 3. The first-order chi connectivity index (χ1) is 33.6. The lowest BCUT2D eigenvalue weighted by molar-refractivity contribution is -0.142. The molecule has 70 heavy (non-hydrogen) atoms. The van der Waals surface area contributed by atoms with E-state index in [4.69, 9.17) is 16.4 Å². The first-order valence-corrected chi connectivity index (χ1v) is 24.7. The lowest BCUT2D eigenvalue weighted by Gasteiger charge is -2.61. The Morgan fingerprint density at radius 3 is 2.39 bits per heavy atom. The number of amides is 4. The third-order valence-electron chi connectivity index (χ3n) is 16.0. The molecule has 3 aromatic heterocycles. The summed E-state index contributed by atoms with van der Waals surface area (Å²) >= 11 is 0. The Bertz CT molecular complexity index is 2630. The highest BCUT2D eigenvalue weighted by atomic mass is 16.3. The standard InChI is InChI=1S/C52H64N12O6/c1-6-31-11-12-38(53-23-31)41(27-65)57-47(68)42-19-35(66)26-64(42)48(69)45(51(3,4)5)58-50(70)62-28-52(29-62)21-34(22-52)61-16-13-32(14-17-61)33-24-54-49(55-25-33)63-18-15-39-44(30(63)2)37-20-40(59-60-46(37)56-39)36-9-7-8-10-43(36)67/h1,7-12,20,23-25,30,32,34-35,39,41-42,44-45,65-67H,13-19,21-22,26-29H2,2-5H3,(H,56,60)(H,57,68)(H,58,70)/t30-,35-,39?,41-,42+,44?,45-/m1/s1. The predicted octanol–water partition coefficient (Wildman–Crippen LogP) is 3.77. The molecule has 4 amide bonds. The van der Waals surface area contributed by atoms with E-state index >= 15 is 0 Å². The van der Waals surface area contributed by atoms with Gasteiger partial charge in [-0.3, -0.25) is 14.6 Å². The van der Waals surface area contributed by atoms with Gasteiger partial charge < -0.3 is 50.9 Å². The van der Waals surface area contributed by atoms with Gasteiger partial charge in [0.25, 0.3) is 0 Å². The van der Waals surface area contributed by atoms with Crippen molar-refractivity contribution in [1.82, 2.24) is 50.5 Å². The summed E-state index contributed by atoms with van der Waals surface area (Å²) in [5.41, 5.74) is 3.95. The number of anilines is 2. The van der Waals surface area contributed by atoms with Crippen molar-refractivity contribution >= 4 is 29.6 Å². The normalized spacial score (nSPS) is 25.2. The molecule has 10 rings (SSSR count). The first kappa shape index (κ1) is 47.3. The van der Waals surface area contributed by atoms with E-state index in [0.29, 0.717) is 47.6 Å². The molecule has 5 fully saturated rings. The van der Waals surface area contributed by atoms with Gasteiger partial charge >= 0.3 is 6.03 Å². The molecule has 1 saturated carbocycles. The lowest BCUT2D eigenvalue weighted by atomic mass is 9.60. The number of aliphatic hydroxyl groups is 2. The van der Waals surface area contributed by atoms with Crippen LogP contribution in [0.4, 0.5) is 16.6 Å². The molecule has 6 aliphatic rings. The van der Waals surface area contributed by atoms with Crippen molar-refractivity contribution in [2.75, 3.05) is 56.1 Å². The topological polar surface area (TPSA) is 225 Å². The van der Waals surface area contributed by atoms with Crippen LogP contribution in [0.15, 0.2) is 61.1 Å². The van der Waals surface area contributed by atoms with Crippen LogP contribution in [0.2, 0.25) is 0 Å². The maximum absolute atomic E-state index is 14.2. The third-order valence-corrected chi connectivity index (χ3v) is 16.0. The molecular formula is C52H64N12O6. The maximum atomic E-state index is 14.2. The molecule has 1 aliphatic carbocycles. The minimum Gasteiger partial charge on any atom is -0.507 e. The average molecular weight is 953 g/mol. The summed E-state index contributed by atoms with van der Waals surface area (Å²) in [6, 6.07) is 10.3. The number of aromatic hydroxyl groups is 1. The number of β-amino-alcohol motifs (C(OH)–C–C–N with tert-alkyl or cyclic N) is 1. The number of phenols is 1. The molecule has 0 radical (unpaired) electrons. The Balaban J connectivity index is 0.691. The fraction of sp³-hybridized carbons (Fsp3) is 0.538. The molecule has 6 N–H and O–H groups in total. The molecule has 0 bridgehead atoms. The Kier molecular flexibility index (Phi) is 12.6. The van der Waals surface area contributed by atoms with Crippen LogP contribution in [0.5, 0.6) is 5.75 Å². The Hall–Kier alpha value is -6.42. The number of terminal acetylenes is 1. The molecular weight excluding hydrogens is 889 g/mol. The number of rotatable bonds is 10. The molecule has 5 aliphatic heterocycles. The number of phenolic OH excluding ortho intramolecular Hbond substituents is 1. The van der Waals surface area contributed by atoms with E-state index in [-0.39, 0.29) is 48.2 Å². The van der Waals surface area contributed by atoms with Crippen molar-refractivity contribution in [2.24, 2.45) is 10.8 Å². The zero-order valence-corrected chi connectivity index (χ0v) is 40.3. The Morgan fingerprint density at radius 2 is 1.71 bits per heavy atom. The zero-order chi connectivity index (χ0) is 49.1. The fourth-order valence-electron chi connectivity index (χ4n) is 12.0. The summed E-state index contributed by atoms with van der Waals surface area (Å²) in [5.74, 6) is 3.80. The number of carbonyl (C=O) groups is 3. The minimum absolute atomic E-state index is 0.0239. The summed E-state index contributed by atoms with van der Waals surface area (Å²) in [7, 11) is 0. The quantitative estimate of drug-likeness (QED) is 0.125. The summed E-state index contributed by atoms with van der Waals surface area (Å²) in [6.07, 6.45) is 15.1. The number of hydrogen-bond donors (Lipinski definition) is 6. The second-order valence-corrected chi connectivity index (χ2v) is 21.6. The molecule has 368 valence electrons. The van der Waals surface area contributed by atoms with Crippen LogP contribution in [-0.2, 0) is 9.59 Å². The number of para-hydroxylation sites is 1. The van der Waals surface area contributed by atoms with Crippen LogP contribution in [0.3, 0.4) is 0 Å². The number of likely N-dealkylation sites (tertiary alicyclic amines) is 3. The van der Waals surface area contributed by atoms with E-state index in [1.54, 1.807) is 29.2 Å². The van der Waals surface area contributed by atoms with Crippen molar-refractivity contribution in [2.45, 2.75) is 120 Å². The maximum Gasteiger partial charge on any atom is 0.318 e. The Morgan fingerprint density at radius 1 is 0.971 bits per heavy atom. The van der Waals surface area contributed by atoms with Crippen LogP contribution in [0, 0.1) is 23.2 Å². The second kappa shape index (κ2) is 18.7. The van der Waals surface area contributed by atoms with E-state index in [2.05, 4.69) is 59.8 Å². The number of nitrogens with zero attached hydrogens (tertiary/aromatic N) is 9. The third kappa shape index (κ3) is 8.99. The number of piperidine rings is 2.